The Morgan fingerprint density at radius 3 is 2.24 bits per heavy atom. The van der Waals surface area contributed by atoms with Crippen molar-refractivity contribution in [3.63, 3.8) is 0 Å². The molecule has 1 N–H and O–H groups in total. The smallest absolute Gasteiger partial charge is 0.243 e. The minimum atomic E-state index is -3.83. The van der Waals surface area contributed by atoms with E-state index in [-0.39, 0.29) is 17.2 Å². The van der Waals surface area contributed by atoms with Crippen molar-refractivity contribution in [3.05, 3.63) is 103 Å². The van der Waals surface area contributed by atoms with E-state index in [2.05, 4.69) is 5.32 Å². The topological polar surface area (TPSA) is 75.7 Å². The second kappa shape index (κ2) is 10.1. The summed E-state index contributed by atoms with van der Waals surface area (Å²) >= 11 is 0. The number of methoxy groups -OCH3 is 1. The second-order valence-corrected chi connectivity index (χ2v) is 9.90. The molecule has 0 aromatic heterocycles. The molecule has 0 bridgehead atoms. The molecule has 0 aliphatic heterocycles. The molecule has 4 aromatic rings. The van der Waals surface area contributed by atoms with Crippen LogP contribution >= 0.6 is 0 Å². The molecule has 0 saturated carbocycles. The first-order valence-electron chi connectivity index (χ1n) is 10.8. The van der Waals surface area contributed by atoms with E-state index >= 15 is 0 Å². The fourth-order valence-electron chi connectivity index (χ4n) is 3.92. The van der Waals surface area contributed by atoms with Crippen LogP contribution in [0.5, 0.6) is 5.75 Å². The van der Waals surface area contributed by atoms with Crippen LogP contribution < -0.4 is 10.1 Å². The molecule has 0 saturated heterocycles. The fraction of sp³-hybridized carbons (Fsp3) is 0.148. The lowest BCUT2D eigenvalue weighted by Crippen LogP contribution is -2.33. The normalized spacial score (nSPS) is 12.4. The number of sulfonamides is 1. The van der Waals surface area contributed by atoms with Gasteiger partial charge in [-0.05, 0) is 41.3 Å². The number of rotatable bonds is 8. The van der Waals surface area contributed by atoms with Gasteiger partial charge in [0.2, 0.25) is 15.9 Å². The largest absolute Gasteiger partial charge is 0.497 e. The van der Waals surface area contributed by atoms with Crippen LogP contribution in [0.2, 0.25) is 0 Å². The van der Waals surface area contributed by atoms with Gasteiger partial charge in [-0.2, -0.15) is 4.31 Å². The van der Waals surface area contributed by atoms with Crippen molar-refractivity contribution in [1.82, 2.24) is 4.31 Å². The van der Waals surface area contributed by atoms with E-state index in [9.17, 15) is 13.2 Å². The predicted molar refractivity (Wildman–Crippen MR) is 134 cm³/mol. The standard InChI is InChI=1S/C27H26N2O4S/c1-29(34(31,32)23-11-4-3-5-12-23)26(21-15-17-22(33-2)18-16-21)19-27(30)28-25-14-8-10-20-9-6-7-13-24(20)25/h3-18,26H,19H2,1-2H3,(H,28,30)/t26-/m1/s1. The predicted octanol–water partition coefficient (Wildman–Crippen LogP) is 5.24. The summed E-state index contributed by atoms with van der Waals surface area (Å²) in [7, 11) is -0.765. The quantitative estimate of drug-likeness (QED) is 0.379. The van der Waals surface area contributed by atoms with Gasteiger partial charge < -0.3 is 10.1 Å². The van der Waals surface area contributed by atoms with Crippen molar-refractivity contribution in [2.24, 2.45) is 0 Å². The molecule has 0 aliphatic rings. The van der Waals surface area contributed by atoms with Gasteiger partial charge in [0.25, 0.3) is 0 Å². The number of fused-ring (bicyclic) bond motifs is 1. The average Bonchev–Trinajstić information content (AvgIpc) is 2.87. The molecule has 0 fully saturated rings. The Morgan fingerprint density at radius 1 is 0.882 bits per heavy atom. The second-order valence-electron chi connectivity index (χ2n) is 7.90. The molecular formula is C27H26N2O4S. The van der Waals surface area contributed by atoms with E-state index in [0.717, 1.165) is 10.8 Å². The Labute approximate surface area is 199 Å². The molecule has 0 heterocycles. The van der Waals surface area contributed by atoms with Crippen molar-refractivity contribution < 1.29 is 17.9 Å². The third kappa shape index (κ3) is 4.95. The molecule has 0 radical (unpaired) electrons. The maximum absolute atomic E-state index is 13.4. The number of ether oxygens (including phenoxy) is 1. The van der Waals surface area contributed by atoms with Crippen LogP contribution in [0.15, 0.2) is 102 Å². The van der Waals surface area contributed by atoms with Gasteiger partial charge in [-0.15, -0.1) is 0 Å². The highest BCUT2D eigenvalue weighted by atomic mass is 32.2. The minimum Gasteiger partial charge on any atom is -0.497 e. The Balaban J connectivity index is 1.65. The zero-order valence-corrected chi connectivity index (χ0v) is 19.8. The summed E-state index contributed by atoms with van der Waals surface area (Å²) < 4.78 is 33.2. The average molecular weight is 475 g/mol. The molecule has 174 valence electrons. The molecule has 0 spiro atoms. The number of carbonyl (C=O) groups excluding carboxylic acids is 1. The highest BCUT2D eigenvalue weighted by molar-refractivity contribution is 7.89. The first kappa shape index (κ1) is 23.5. The number of hydrogen-bond acceptors (Lipinski definition) is 4. The molecule has 4 rings (SSSR count). The Bertz CT molecular complexity index is 1380. The zero-order valence-electron chi connectivity index (χ0n) is 19.0. The number of benzene rings is 4. The maximum Gasteiger partial charge on any atom is 0.243 e. The monoisotopic (exact) mass is 474 g/mol. The lowest BCUT2D eigenvalue weighted by Gasteiger charge is -2.28. The molecule has 0 aliphatic carbocycles. The fourth-order valence-corrected chi connectivity index (χ4v) is 5.28. The van der Waals surface area contributed by atoms with Gasteiger partial charge in [-0.1, -0.05) is 66.7 Å². The van der Waals surface area contributed by atoms with Crippen molar-refractivity contribution >= 4 is 32.4 Å². The van der Waals surface area contributed by atoms with Gasteiger partial charge >= 0.3 is 0 Å². The molecule has 0 unspecified atom stereocenters. The number of carbonyl (C=O) groups is 1. The zero-order chi connectivity index (χ0) is 24.1. The molecule has 1 atom stereocenters. The van der Waals surface area contributed by atoms with E-state index in [4.69, 9.17) is 4.74 Å². The van der Waals surface area contributed by atoms with Gasteiger partial charge in [0.15, 0.2) is 0 Å². The van der Waals surface area contributed by atoms with E-state index in [1.807, 2.05) is 42.5 Å². The van der Waals surface area contributed by atoms with E-state index in [1.165, 1.54) is 11.4 Å². The van der Waals surface area contributed by atoms with Crippen molar-refractivity contribution in [2.45, 2.75) is 17.4 Å². The summed E-state index contributed by atoms with van der Waals surface area (Å²) in [5, 5.41) is 4.90. The number of hydrogen-bond donors (Lipinski definition) is 1. The number of nitrogens with zero attached hydrogens (tertiary/aromatic N) is 1. The Hall–Kier alpha value is -3.68. The highest BCUT2D eigenvalue weighted by Crippen LogP contribution is 2.31. The van der Waals surface area contributed by atoms with Gasteiger partial charge in [0.05, 0.1) is 18.0 Å². The molecule has 4 aromatic carbocycles. The molecule has 6 nitrogen and oxygen atoms in total. The SMILES string of the molecule is COc1ccc([C@@H](CC(=O)Nc2cccc3ccccc23)N(C)S(=O)(=O)c2ccccc2)cc1. The van der Waals surface area contributed by atoms with Crippen molar-refractivity contribution in [1.29, 1.82) is 0 Å². The van der Waals surface area contributed by atoms with Crippen LogP contribution in [0, 0.1) is 0 Å². The summed E-state index contributed by atoms with van der Waals surface area (Å²) in [6.07, 6.45) is -0.0574. The van der Waals surface area contributed by atoms with E-state index in [0.29, 0.717) is 17.0 Å². The summed E-state index contributed by atoms with van der Waals surface area (Å²) in [5.41, 5.74) is 1.38. The van der Waals surface area contributed by atoms with Crippen LogP contribution in [0.3, 0.4) is 0 Å². The third-order valence-corrected chi connectivity index (χ3v) is 7.68. The summed E-state index contributed by atoms with van der Waals surface area (Å²) in [6.45, 7) is 0. The van der Waals surface area contributed by atoms with Crippen LogP contribution in [-0.2, 0) is 14.8 Å². The maximum atomic E-state index is 13.4. The van der Waals surface area contributed by atoms with Crippen LogP contribution in [0.1, 0.15) is 18.0 Å². The van der Waals surface area contributed by atoms with Crippen molar-refractivity contribution in [2.75, 3.05) is 19.5 Å². The van der Waals surface area contributed by atoms with Crippen molar-refractivity contribution in [3.8, 4) is 5.75 Å². The summed E-state index contributed by atoms with van der Waals surface area (Å²) in [6, 6.07) is 28.1. The summed E-state index contributed by atoms with van der Waals surface area (Å²) in [5.74, 6) is 0.364. The number of nitrogens with one attached hydrogen (secondary N) is 1. The summed E-state index contributed by atoms with van der Waals surface area (Å²) in [4.78, 5) is 13.3. The van der Waals surface area contributed by atoms with E-state index in [1.54, 1.807) is 61.7 Å². The van der Waals surface area contributed by atoms with E-state index < -0.39 is 16.1 Å². The first-order chi connectivity index (χ1) is 16.4. The van der Waals surface area contributed by atoms with Crippen LogP contribution in [0.4, 0.5) is 5.69 Å². The lowest BCUT2D eigenvalue weighted by molar-refractivity contribution is -0.117. The Kier molecular flexibility index (Phi) is 6.95. The molecule has 34 heavy (non-hydrogen) atoms. The van der Waals surface area contributed by atoms with Gasteiger partial charge in [0, 0.05) is 24.5 Å². The molecule has 1 amide bonds. The minimum absolute atomic E-state index is 0.0574. The Morgan fingerprint density at radius 2 is 1.53 bits per heavy atom. The van der Waals surface area contributed by atoms with Gasteiger partial charge in [-0.3, -0.25) is 4.79 Å². The highest BCUT2D eigenvalue weighted by Gasteiger charge is 2.31. The molecule has 7 heteroatoms. The first-order valence-corrected chi connectivity index (χ1v) is 12.3. The van der Waals surface area contributed by atoms with Gasteiger partial charge in [-0.25, -0.2) is 8.42 Å². The number of amides is 1. The van der Waals surface area contributed by atoms with Gasteiger partial charge in [0.1, 0.15) is 5.75 Å². The number of anilines is 1. The molecular weight excluding hydrogens is 448 g/mol. The van der Waals surface area contributed by atoms with Crippen LogP contribution in [0.25, 0.3) is 10.8 Å². The van der Waals surface area contributed by atoms with Crippen LogP contribution in [-0.4, -0.2) is 32.8 Å². The third-order valence-electron chi connectivity index (χ3n) is 5.80. The lowest BCUT2D eigenvalue weighted by atomic mass is 10.0.